The maximum absolute atomic E-state index is 12.8. The quantitative estimate of drug-likeness (QED) is 0.784. The fraction of sp³-hybridized carbons (Fsp3) is 0.188. The van der Waals surface area contributed by atoms with E-state index in [1.165, 1.54) is 12.1 Å². The van der Waals surface area contributed by atoms with Crippen molar-refractivity contribution < 1.29 is 9.13 Å². The predicted octanol–water partition coefficient (Wildman–Crippen LogP) is 3.04. The lowest BCUT2D eigenvalue weighted by Gasteiger charge is -2.15. The molecule has 1 aromatic carbocycles. The normalized spacial score (nSPS) is 12.1. The van der Waals surface area contributed by atoms with Gasteiger partial charge in [0.2, 0.25) is 0 Å². The molecule has 3 rings (SSSR count). The van der Waals surface area contributed by atoms with Crippen LogP contribution in [0.4, 0.5) is 10.2 Å². The number of aromatic nitrogens is 3. The number of nitrogens with one attached hydrogen (secondary N) is 1. The molecule has 0 aliphatic heterocycles. The molecule has 2 aromatic heterocycles. The molecular formula is C16H15FN4O. The lowest BCUT2D eigenvalue weighted by molar-refractivity contribution is 0.303. The average Bonchev–Trinajstić information content (AvgIpc) is 2.54. The van der Waals surface area contributed by atoms with Crippen molar-refractivity contribution in [1.82, 2.24) is 15.0 Å². The smallest absolute Gasteiger partial charge is 0.180 e. The van der Waals surface area contributed by atoms with E-state index in [0.29, 0.717) is 23.8 Å². The van der Waals surface area contributed by atoms with Gasteiger partial charge in [-0.25, -0.2) is 14.4 Å². The van der Waals surface area contributed by atoms with E-state index in [1.54, 1.807) is 24.5 Å². The molecular weight excluding hydrogens is 283 g/mol. The van der Waals surface area contributed by atoms with Crippen molar-refractivity contribution in [2.24, 2.45) is 0 Å². The Bertz CT molecular complexity index is 763. The van der Waals surface area contributed by atoms with Crippen LogP contribution in [0.5, 0.6) is 5.75 Å². The van der Waals surface area contributed by atoms with Gasteiger partial charge in [0, 0.05) is 12.4 Å². The van der Waals surface area contributed by atoms with Gasteiger partial charge in [0.1, 0.15) is 29.5 Å². The summed E-state index contributed by atoms with van der Waals surface area (Å²) in [5, 5.41) is 3.24. The zero-order chi connectivity index (χ0) is 15.4. The van der Waals surface area contributed by atoms with Crippen LogP contribution < -0.4 is 10.1 Å². The van der Waals surface area contributed by atoms with Gasteiger partial charge in [0.05, 0.1) is 6.04 Å². The van der Waals surface area contributed by atoms with Crippen LogP contribution in [-0.2, 0) is 0 Å². The number of hydrogen-bond donors (Lipinski definition) is 1. The number of fused-ring (bicyclic) bond motifs is 1. The molecule has 0 saturated heterocycles. The number of hydrogen-bond acceptors (Lipinski definition) is 5. The molecule has 0 spiro atoms. The summed E-state index contributed by atoms with van der Waals surface area (Å²) in [6.07, 6.45) is 3.25. The number of anilines is 1. The lowest BCUT2D eigenvalue weighted by atomic mass is 10.3. The molecule has 1 unspecified atom stereocenters. The molecule has 1 atom stereocenters. The first-order valence-electron chi connectivity index (χ1n) is 6.93. The van der Waals surface area contributed by atoms with E-state index in [-0.39, 0.29) is 11.9 Å². The fourth-order valence-electron chi connectivity index (χ4n) is 1.98. The molecule has 2 heterocycles. The maximum atomic E-state index is 12.8. The van der Waals surface area contributed by atoms with Gasteiger partial charge in [-0.2, -0.15) is 0 Å². The number of pyridine rings is 1. The zero-order valence-corrected chi connectivity index (χ0v) is 12.0. The van der Waals surface area contributed by atoms with Crippen molar-refractivity contribution in [2.45, 2.75) is 13.0 Å². The molecule has 1 N–H and O–H groups in total. The SMILES string of the molecule is CC(COc1ccc(F)cc1)Nc1ccc2nccnc2n1. The minimum atomic E-state index is -0.278. The van der Waals surface area contributed by atoms with E-state index in [1.807, 2.05) is 19.1 Å². The number of nitrogens with zero attached hydrogens (tertiary/aromatic N) is 3. The summed E-state index contributed by atoms with van der Waals surface area (Å²) in [6.45, 7) is 2.41. The van der Waals surface area contributed by atoms with Gasteiger partial charge in [-0.05, 0) is 43.3 Å². The van der Waals surface area contributed by atoms with Crippen LogP contribution in [0, 0.1) is 5.82 Å². The Balaban J connectivity index is 1.60. The van der Waals surface area contributed by atoms with Gasteiger partial charge >= 0.3 is 0 Å². The molecule has 0 aliphatic rings. The number of ether oxygens (including phenoxy) is 1. The summed E-state index contributed by atoms with van der Waals surface area (Å²) in [7, 11) is 0. The molecule has 0 aliphatic carbocycles. The van der Waals surface area contributed by atoms with Crippen molar-refractivity contribution in [3.8, 4) is 5.75 Å². The van der Waals surface area contributed by atoms with Crippen LogP contribution in [0.2, 0.25) is 0 Å². The number of halogens is 1. The van der Waals surface area contributed by atoms with Gasteiger partial charge < -0.3 is 10.1 Å². The Hall–Kier alpha value is -2.76. The molecule has 0 bridgehead atoms. The molecule has 0 amide bonds. The third-order valence-corrected chi connectivity index (χ3v) is 3.04. The third kappa shape index (κ3) is 3.46. The van der Waals surface area contributed by atoms with Crippen LogP contribution in [0.25, 0.3) is 11.2 Å². The highest BCUT2D eigenvalue weighted by Gasteiger charge is 2.06. The van der Waals surface area contributed by atoms with Crippen LogP contribution in [0.1, 0.15) is 6.92 Å². The topological polar surface area (TPSA) is 59.9 Å². The van der Waals surface area contributed by atoms with E-state index in [4.69, 9.17) is 4.74 Å². The van der Waals surface area contributed by atoms with Gasteiger partial charge in [-0.15, -0.1) is 0 Å². The summed E-state index contributed by atoms with van der Waals surface area (Å²) in [4.78, 5) is 12.7. The van der Waals surface area contributed by atoms with E-state index in [9.17, 15) is 4.39 Å². The van der Waals surface area contributed by atoms with Crippen molar-refractivity contribution in [1.29, 1.82) is 0 Å². The molecule has 0 radical (unpaired) electrons. The summed E-state index contributed by atoms with van der Waals surface area (Å²) in [5.41, 5.74) is 1.35. The minimum Gasteiger partial charge on any atom is -0.491 e. The lowest BCUT2D eigenvalue weighted by Crippen LogP contribution is -2.24. The van der Waals surface area contributed by atoms with Crippen molar-refractivity contribution in [2.75, 3.05) is 11.9 Å². The second-order valence-corrected chi connectivity index (χ2v) is 4.91. The Morgan fingerprint density at radius 2 is 1.86 bits per heavy atom. The second kappa shape index (κ2) is 6.34. The Kier molecular flexibility index (Phi) is 4.09. The van der Waals surface area contributed by atoms with E-state index in [2.05, 4.69) is 20.3 Å². The summed E-state index contributed by atoms with van der Waals surface area (Å²) in [5.74, 6) is 1.07. The molecule has 0 fully saturated rings. The summed E-state index contributed by atoms with van der Waals surface area (Å²) >= 11 is 0. The second-order valence-electron chi connectivity index (χ2n) is 4.91. The highest BCUT2D eigenvalue weighted by Crippen LogP contribution is 2.13. The first-order valence-corrected chi connectivity index (χ1v) is 6.93. The van der Waals surface area contributed by atoms with Gasteiger partial charge in [-0.1, -0.05) is 0 Å². The van der Waals surface area contributed by atoms with Gasteiger partial charge in [0.25, 0.3) is 0 Å². The van der Waals surface area contributed by atoms with E-state index in [0.717, 1.165) is 5.52 Å². The van der Waals surface area contributed by atoms with Crippen molar-refractivity contribution in [3.05, 3.63) is 54.6 Å². The van der Waals surface area contributed by atoms with Crippen LogP contribution in [-0.4, -0.2) is 27.6 Å². The third-order valence-electron chi connectivity index (χ3n) is 3.04. The summed E-state index contributed by atoms with van der Waals surface area (Å²) < 4.78 is 18.4. The largest absolute Gasteiger partial charge is 0.491 e. The molecule has 5 nitrogen and oxygen atoms in total. The maximum Gasteiger partial charge on any atom is 0.180 e. The monoisotopic (exact) mass is 298 g/mol. The van der Waals surface area contributed by atoms with E-state index >= 15 is 0 Å². The summed E-state index contributed by atoms with van der Waals surface area (Å²) in [6, 6.07) is 9.70. The number of rotatable bonds is 5. The zero-order valence-electron chi connectivity index (χ0n) is 12.0. The Morgan fingerprint density at radius 3 is 2.68 bits per heavy atom. The van der Waals surface area contributed by atoms with Crippen molar-refractivity contribution >= 4 is 17.0 Å². The standard InChI is InChI=1S/C16H15FN4O/c1-11(10-22-13-4-2-12(17)3-5-13)20-15-7-6-14-16(21-15)19-9-8-18-14/h2-9,11H,10H2,1H3,(H,19,20,21). The first-order chi connectivity index (χ1) is 10.7. The van der Waals surface area contributed by atoms with E-state index < -0.39 is 0 Å². The van der Waals surface area contributed by atoms with Crippen LogP contribution >= 0.6 is 0 Å². The Morgan fingerprint density at radius 1 is 1.09 bits per heavy atom. The Labute approximate surface area is 127 Å². The predicted molar refractivity (Wildman–Crippen MR) is 82.3 cm³/mol. The van der Waals surface area contributed by atoms with Crippen molar-refractivity contribution in [3.63, 3.8) is 0 Å². The fourth-order valence-corrected chi connectivity index (χ4v) is 1.98. The molecule has 22 heavy (non-hydrogen) atoms. The molecule has 6 heteroatoms. The molecule has 3 aromatic rings. The number of benzene rings is 1. The molecule has 0 saturated carbocycles. The minimum absolute atomic E-state index is 0.0340. The van der Waals surface area contributed by atoms with Gasteiger partial charge in [0.15, 0.2) is 5.65 Å². The highest BCUT2D eigenvalue weighted by molar-refractivity contribution is 5.71. The molecule has 112 valence electrons. The van der Waals surface area contributed by atoms with Gasteiger partial charge in [-0.3, -0.25) is 4.98 Å². The highest BCUT2D eigenvalue weighted by atomic mass is 19.1. The van der Waals surface area contributed by atoms with Crippen LogP contribution in [0.15, 0.2) is 48.8 Å². The first kappa shape index (κ1) is 14.2. The average molecular weight is 298 g/mol. The van der Waals surface area contributed by atoms with Crippen LogP contribution in [0.3, 0.4) is 0 Å².